The predicted molar refractivity (Wildman–Crippen MR) is 140 cm³/mol. The van der Waals surface area contributed by atoms with Gasteiger partial charge in [0.25, 0.3) is 0 Å². The number of ether oxygens (including phenoxy) is 2. The summed E-state index contributed by atoms with van der Waals surface area (Å²) in [4.78, 5) is 9.78. The Balaban J connectivity index is 0.000000531. The molecule has 184 valence electrons. The van der Waals surface area contributed by atoms with E-state index < -0.39 is 0 Å². The van der Waals surface area contributed by atoms with E-state index in [-0.39, 0.29) is 0 Å². The number of hydrogen-bond donors (Lipinski definition) is 2. The van der Waals surface area contributed by atoms with Crippen molar-refractivity contribution in [2.75, 3.05) is 25.4 Å². The third-order valence-electron chi connectivity index (χ3n) is 4.29. The predicted octanol–water partition coefficient (Wildman–Crippen LogP) is 6.01. The number of allylic oxidation sites excluding steroid dienone is 3. The molecule has 1 amide bonds. The van der Waals surface area contributed by atoms with Crippen LogP contribution in [-0.2, 0) is 20.0 Å². The summed E-state index contributed by atoms with van der Waals surface area (Å²) in [6.45, 7) is 12.2. The average molecular weight is 477 g/mol. The largest absolute Gasteiger partial charge is 0.462 e. The lowest BCUT2D eigenvalue weighted by atomic mass is 10.2. The molecule has 0 atom stereocenters. The van der Waals surface area contributed by atoms with Crippen molar-refractivity contribution < 1.29 is 14.3 Å². The van der Waals surface area contributed by atoms with E-state index in [0.29, 0.717) is 13.2 Å². The van der Waals surface area contributed by atoms with Crippen molar-refractivity contribution in [3.63, 3.8) is 0 Å². The van der Waals surface area contributed by atoms with Crippen LogP contribution in [-0.4, -0.2) is 36.3 Å². The molecule has 0 saturated carbocycles. The molecule has 0 saturated heterocycles. The van der Waals surface area contributed by atoms with Gasteiger partial charge < -0.3 is 20.1 Å². The van der Waals surface area contributed by atoms with Crippen molar-refractivity contribution in [3.8, 4) is 5.69 Å². The highest BCUT2D eigenvalue weighted by atomic mass is 32.2. The van der Waals surface area contributed by atoms with Crippen LogP contribution in [0.25, 0.3) is 5.69 Å². The SMILES string of the molecule is C/C=C(\CC)NC=O.CC.CC1=COCO1.CNc1c(CSC)c(C)nn1-c1ccccc1. The summed E-state index contributed by atoms with van der Waals surface area (Å²) in [6, 6.07) is 10.2. The van der Waals surface area contributed by atoms with E-state index in [0.717, 1.165) is 40.8 Å². The van der Waals surface area contributed by atoms with Crippen molar-refractivity contribution in [2.45, 2.75) is 53.7 Å². The van der Waals surface area contributed by atoms with Crippen molar-refractivity contribution >= 4 is 24.0 Å². The zero-order chi connectivity index (χ0) is 25.1. The van der Waals surface area contributed by atoms with Gasteiger partial charge in [-0.3, -0.25) is 4.79 Å². The van der Waals surface area contributed by atoms with E-state index in [1.54, 1.807) is 6.26 Å². The van der Waals surface area contributed by atoms with Crippen LogP contribution in [0.3, 0.4) is 0 Å². The second-order valence-electron chi connectivity index (χ2n) is 6.43. The average Bonchev–Trinajstić information content (AvgIpc) is 3.46. The van der Waals surface area contributed by atoms with Gasteiger partial charge in [-0.25, -0.2) is 4.68 Å². The first kappa shape index (κ1) is 30.1. The maximum Gasteiger partial charge on any atom is 0.229 e. The van der Waals surface area contributed by atoms with Crippen LogP contribution in [0, 0.1) is 6.92 Å². The fourth-order valence-electron chi connectivity index (χ4n) is 2.67. The zero-order valence-corrected chi connectivity index (χ0v) is 22.1. The smallest absolute Gasteiger partial charge is 0.229 e. The Hall–Kier alpha value is -2.87. The number of carbonyl (C=O) groups is 1. The molecule has 0 spiro atoms. The number of hydrogen-bond acceptors (Lipinski definition) is 6. The lowest BCUT2D eigenvalue weighted by Crippen LogP contribution is -2.08. The molecule has 7 nitrogen and oxygen atoms in total. The van der Waals surface area contributed by atoms with Gasteiger partial charge in [-0.15, -0.1) is 0 Å². The van der Waals surface area contributed by atoms with Gasteiger partial charge in [0.05, 0.1) is 11.4 Å². The molecule has 2 N–H and O–H groups in total. The first-order valence-corrected chi connectivity index (χ1v) is 12.5. The molecule has 0 radical (unpaired) electrons. The number of para-hydroxylation sites is 1. The molecular formula is C25H40N4O3S. The van der Waals surface area contributed by atoms with Crippen molar-refractivity contribution in [1.29, 1.82) is 0 Å². The summed E-state index contributed by atoms with van der Waals surface area (Å²) in [5.41, 5.74) is 4.43. The lowest BCUT2D eigenvalue weighted by molar-refractivity contribution is -0.109. The number of carbonyl (C=O) groups excluding carboxylic acids is 1. The highest BCUT2D eigenvalue weighted by molar-refractivity contribution is 7.97. The molecule has 0 unspecified atom stereocenters. The molecule has 1 aromatic heterocycles. The first-order chi connectivity index (χ1) is 16.0. The maximum atomic E-state index is 9.78. The summed E-state index contributed by atoms with van der Waals surface area (Å²) >= 11 is 1.81. The molecule has 0 aliphatic carbocycles. The summed E-state index contributed by atoms with van der Waals surface area (Å²) in [7, 11) is 1.94. The maximum absolute atomic E-state index is 9.78. The molecule has 1 aliphatic rings. The molecule has 1 aliphatic heterocycles. The first-order valence-electron chi connectivity index (χ1n) is 11.1. The fourth-order valence-corrected chi connectivity index (χ4v) is 3.30. The zero-order valence-electron chi connectivity index (χ0n) is 21.3. The highest BCUT2D eigenvalue weighted by Crippen LogP contribution is 2.26. The number of aryl methyl sites for hydroxylation is 1. The molecular weight excluding hydrogens is 436 g/mol. The Kier molecular flexibility index (Phi) is 17.1. The minimum absolute atomic E-state index is 0.395. The van der Waals surface area contributed by atoms with E-state index in [1.807, 2.05) is 82.4 Å². The monoisotopic (exact) mass is 476 g/mol. The van der Waals surface area contributed by atoms with Gasteiger partial charge in [0, 0.05) is 24.1 Å². The molecule has 0 fully saturated rings. The van der Waals surface area contributed by atoms with Gasteiger partial charge >= 0.3 is 0 Å². The minimum Gasteiger partial charge on any atom is -0.462 e. The number of nitrogens with zero attached hydrogens (tertiary/aromatic N) is 2. The van der Waals surface area contributed by atoms with Gasteiger partial charge in [-0.2, -0.15) is 16.9 Å². The standard InChI is InChI=1S/C13H17N3S.C6H11NO.C4H6O2.C2H6/c1-10-12(9-17-3)13(14-2)16(15-10)11-7-5-4-6-8-11;1-3-6(4-2)7-5-8;1-4-2-5-3-6-4;1-2/h4-8,14H,9H2,1-3H3;3,5H,4H2,1-2H3,(H,7,8);2H,3H2,1H3;1-2H3/b;6-3+;;. The number of rotatable bonds is 7. The van der Waals surface area contributed by atoms with Crippen LogP contribution in [0.5, 0.6) is 0 Å². The Morgan fingerprint density at radius 1 is 1.24 bits per heavy atom. The topological polar surface area (TPSA) is 77.4 Å². The number of thioether (sulfide) groups is 1. The van der Waals surface area contributed by atoms with Crippen LogP contribution in [0.1, 0.15) is 52.3 Å². The Morgan fingerprint density at radius 3 is 2.27 bits per heavy atom. The Labute approximate surface area is 203 Å². The van der Waals surface area contributed by atoms with E-state index in [9.17, 15) is 4.79 Å². The summed E-state index contributed by atoms with van der Waals surface area (Å²) in [5, 5.41) is 10.4. The van der Waals surface area contributed by atoms with Crippen molar-refractivity contribution in [1.82, 2.24) is 15.1 Å². The normalized spacial score (nSPS) is 11.6. The number of amides is 1. The number of anilines is 1. The van der Waals surface area contributed by atoms with Gasteiger partial charge in [0.2, 0.25) is 13.2 Å². The fraction of sp³-hybridized carbons (Fsp3) is 0.440. The van der Waals surface area contributed by atoms with Crippen molar-refractivity contribution in [3.05, 3.63) is 65.4 Å². The molecule has 3 rings (SSSR count). The second kappa shape index (κ2) is 18.7. The summed E-state index contributed by atoms with van der Waals surface area (Å²) < 4.78 is 11.4. The molecule has 8 heteroatoms. The van der Waals surface area contributed by atoms with E-state index in [4.69, 9.17) is 4.74 Å². The van der Waals surface area contributed by atoms with Crippen LogP contribution in [0.15, 0.2) is 54.1 Å². The van der Waals surface area contributed by atoms with Crippen LogP contribution in [0.4, 0.5) is 5.82 Å². The van der Waals surface area contributed by atoms with Crippen LogP contribution in [0.2, 0.25) is 0 Å². The summed E-state index contributed by atoms with van der Waals surface area (Å²) in [6.07, 6.45) is 7.17. The van der Waals surface area contributed by atoms with Gasteiger partial charge in [0.15, 0.2) is 0 Å². The second-order valence-corrected chi connectivity index (χ2v) is 7.30. The third-order valence-corrected chi connectivity index (χ3v) is 4.87. The minimum atomic E-state index is 0.395. The molecule has 2 heterocycles. The van der Waals surface area contributed by atoms with E-state index >= 15 is 0 Å². The molecule has 0 bridgehead atoms. The van der Waals surface area contributed by atoms with Crippen LogP contribution < -0.4 is 10.6 Å². The quantitative estimate of drug-likeness (QED) is 0.477. The third kappa shape index (κ3) is 11.0. The Morgan fingerprint density at radius 2 is 1.91 bits per heavy atom. The van der Waals surface area contributed by atoms with Crippen LogP contribution >= 0.6 is 11.8 Å². The summed E-state index contributed by atoms with van der Waals surface area (Å²) in [5.74, 6) is 2.92. The Bertz CT molecular complexity index is 849. The van der Waals surface area contributed by atoms with Gasteiger partial charge in [-0.1, -0.05) is 45.0 Å². The van der Waals surface area contributed by atoms with Crippen molar-refractivity contribution in [2.24, 2.45) is 0 Å². The molecule has 33 heavy (non-hydrogen) atoms. The number of benzene rings is 1. The highest BCUT2D eigenvalue weighted by Gasteiger charge is 2.14. The molecule has 2 aromatic rings. The number of aromatic nitrogens is 2. The number of nitrogens with one attached hydrogen (secondary N) is 2. The van der Waals surface area contributed by atoms with Gasteiger partial charge in [0.1, 0.15) is 17.8 Å². The molecule has 1 aromatic carbocycles. The van der Waals surface area contributed by atoms with E-state index in [2.05, 4.69) is 45.8 Å². The lowest BCUT2D eigenvalue weighted by Gasteiger charge is -2.08. The van der Waals surface area contributed by atoms with Gasteiger partial charge in [-0.05, 0) is 45.6 Å². The van der Waals surface area contributed by atoms with E-state index in [1.165, 1.54) is 5.56 Å².